The van der Waals surface area contributed by atoms with Crippen molar-refractivity contribution in [3.8, 4) is 5.75 Å². The van der Waals surface area contributed by atoms with Gasteiger partial charge in [-0.2, -0.15) is 5.10 Å². The predicted molar refractivity (Wildman–Crippen MR) is 98.1 cm³/mol. The van der Waals surface area contributed by atoms with Gasteiger partial charge in [0.05, 0.1) is 16.3 Å². The molecule has 24 heavy (non-hydrogen) atoms. The number of carbonyl (C=O) groups excluding carboxylic acids is 1. The molecule has 0 fully saturated rings. The van der Waals surface area contributed by atoms with Gasteiger partial charge in [0, 0.05) is 0 Å². The summed E-state index contributed by atoms with van der Waals surface area (Å²) < 4.78 is 5.41. The Hall–Kier alpha value is -2.04. The smallest absolute Gasteiger partial charge is 0.277 e. The molecule has 0 aromatic heterocycles. The van der Waals surface area contributed by atoms with Crippen molar-refractivity contribution in [3.05, 3.63) is 63.6 Å². The lowest BCUT2D eigenvalue weighted by molar-refractivity contribution is -0.123. The molecular weight excluding hydrogens is 347 g/mol. The second kappa shape index (κ2) is 9.30. The van der Waals surface area contributed by atoms with Gasteiger partial charge in [0.15, 0.2) is 6.61 Å². The number of rotatable bonds is 7. The summed E-state index contributed by atoms with van der Waals surface area (Å²) in [5.74, 6) is 0.308. The van der Waals surface area contributed by atoms with Crippen LogP contribution in [0.4, 0.5) is 0 Å². The summed E-state index contributed by atoms with van der Waals surface area (Å²) in [6.45, 7) is 2.03. The number of hydrogen-bond acceptors (Lipinski definition) is 3. The van der Waals surface area contributed by atoms with E-state index in [4.69, 9.17) is 27.9 Å². The van der Waals surface area contributed by atoms with E-state index in [9.17, 15) is 4.79 Å². The molecule has 0 aliphatic heterocycles. The normalized spacial score (nSPS) is 10.8. The third kappa shape index (κ3) is 5.87. The Bertz CT molecular complexity index is 715. The zero-order valence-electron chi connectivity index (χ0n) is 13.3. The number of aryl methyl sites for hydroxylation is 1. The van der Waals surface area contributed by atoms with Gasteiger partial charge < -0.3 is 4.74 Å². The third-order valence-electron chi connectivity index (χ3n) is 3.18. The van der Waals surface area contributed by atoms with Crippen molar-refractivity contribution < 1.29 is 9.53 Å². The van der Waals surface area contributed by atoms with Crippen molar-refractivity contribution in [2.24, 2.45) is 5.10 Å². The number of ether oxygens (including phenoxy) is 1. The van der Waals surface area contributed by atoms with Crippen molar-refractivity contribution in [2.45, 2.75) is 19.8 Å². The van der Waals surface area contributed by atoms with Crippen LogP contribution in [0, 0.1) is 0 Å². The molecular formula is C18H18Cl2N2O2. The van der Waals surface area contributed by atoms with Crippen LogP contribution in [-0.2, 0) is 11.2 Å². The van der Waals surface area contributed by atoms with Crippen LogP contribution in [0.3, 0.4) is 0 Å². The zero-order valence-corrected chi connectivity index (χ0v) is 14.8. The van der Waals surface area contributed by atoms with E-state index in [2.05, 4.69) is 17.5 Å². The molecule has 2 aromatic rings. The van der Waals surface area contributed by atoms with Crippen molar-refractivity contribution in [1.29, 1.82) is 0 Å². The molecule has 126 valence electrons. The van der Waals surface area contributed by atoms with Gasteiger partial charge in [0.25, 0.3) is 5.91 Å². The molecule has 1 N–H and O–H groups in total. The highest BCUT2D eigenvalue weighted by atomic mass is 35.5. The number of hydrazone groups is 1. The summed E-state index contributed by atoms with van der Waals surface area (Å²) >= 11 is 11.7. The number of carbonyl (C=O) groups is 1. The van der Waals surface area contributed by atoms with E-state index in [1.54, 1.807) is 18.2 Å². The maximum Gasteiger partial charge on any atom is 0.277 e. The molecule has 1 amide bonds. The van der Waals surface area contributed by atoms with Crippen molar-refractivity contribution in [2.75, 3.05) is 6.61 Å². The van der Waals surface area contributed by atoms with Crippen LogP contribution >= 0.6 is 23.2 Å². The molecule has 0 saturated carbocycles. The van der Waals surface area contributed by atoms with Crippen LogP contribution < -0.4 is 10.2 Å². The van der Waals surface area contributed by atoms with Crippen LogP contribution in [0.5, 0.6) is 5.75 Å². The Labute approximate surface area is 151 Å². The third-order valence-corrected chi connectivity index (χ3v) is 3.92. The number of nitrogens with zero attached hydrogens (tertiary/aromatic N) is 1. The number of nitrogens with one attached hydrogen (secondary N) is 1. The standard InChI is InChI=1S/C18H18Cl2N2O2/c1-2-3-13-4-7-15(8-5-13)24-12-18(23)22-21-11-14-6-9-16(19)17(20)10-14/h4-11H,2-3,12H2,1H3,(H,22,23)/b21-11+. The fourth-order valence-corrected chi connectivity index (χ4v) is 2.30. The highest BCUT2D eigenvalue weighted by Crippen LogP contribution is 2.21. The van der Waals surface area contributed by atoms with Gasteiger partial charge in [0.2, 0.25) is 0 Å². The van der Waals surface area contributed by atoms with Gasteiger partial charge in [0.1, 0.15) is 5.75 Å². The molecule has 0 saturated heterocycles. The van der Waals surface area contributed by atoms with Crippen LogP contribution in [0.2, 0.25) is 10.0 Å². The van der Waals surface area contributed by atoms with Gasteiger partial charge in [-0.25, -0.2) is 5.43 Å². The first kappa shape index (κ1) is 18.3. The summed E-state index contributed by atoms with van der Waals surface area (Å²) in [4.78, 5) is 11.7. The average molecular weight is 365 g/mol. The van der Waals surface area contributed by atoms with Gasteiger partial charge in [-0.15, -0.1) is 0 Å². The molecule has 0 unspecified atom stereocenters. The van der Waals surface area contributed by atoms with E-state index in [1.165, 1.54) is 11.8 Å². The molecule has 0 aliphatic carbocycles. The van der Waals surface area contributed by atoms with Gasteiger partial charge in [-0.3, -0.25) is 4.79 Å². The van der Waals surface area contributed by atoms with Gasteiger partial charge in [-0.05, 0) is 41.8 Å². The number of benzene rings is 2. The molecule has 0 spiro atoms. The largest absolute Gasteiger partial charge is 0.484 e. The molecule has 0 heterocycles. The maximum absolute atomic E-state index is 11.7. The van der Waals surface area contributed by atoms with Gasteiger partial charge >= 0.3 is 0 Å². The van der Waals surface area contributed by atoms with E-state index >= 15 is 0 Å². The lowest BCUT2D eigenvalue weighted by atomic mass is 10.1. The summed E-state index contributed by atoms with van der Waals surface area (Å²) in [7, 11) is 0. The minimum absolute atomic E-state index is 0.105. The molecule has 6 heteroatoms. The summed E-state index contributed by atoms with van der Waals surface area (Å²) in [6.07, 6.45) is 3.61. The van der Waals surface area contributed by atoms with E-state index in [-0.39, 0.29) is 12.5 Å². The monoisotopic (exact) mass is 364 g/mol. The minimum atomic E-state index is -0.344. The zero-order chi connectivity index (χ0) is 17.4. The minimum Gasteiger partial charge on any atom is -0.484 e. The molecule has 4 nitrogen and oxygen atoms in total. The Morgan fingerprint density at radius 1 is 1.17 bits per heavy atom. The highest BCUT2D eigenvalue weighted by molar-refractivity contribution is 6.42. The molecule has 0 bridgehead atoms. The summed E-state index contributed by atoms with van der Waals surface area (Å²) in [5.41, 5.74) is 4.38. The highest BCUT2D eigenvalue weighted by Gasteiger charge is 2.02. The fraction of sp³-hybridized carbons (Fsp3) is 0.222. The second-order valence-corrected chi connectivity index (χ2v) is 5.96. The first-order valence-electron chi connectivity index (χ1n) is 7.57. The maximum atomic E-state index is 11.7. The van der Waals surface area contributed by atoms with Crippen molar-refractivity contribution >= 4 is 35.3 Å². The number of halogens is 2. The molecule has 2 aromatic carbocycles. The lowest BCUT2D eigenvalue weighted by Gasteiger charge is -2.06. The Morgan fingerprint density at radius 2 is 1.92 bits per heavy atom. The van der Waals surface area contributed by atoms with Gasteiger partial charge in [-0.1, -0.05) is 54.7 Å². The summed E-state index contributed by atoms with van der Waals surface area (Å²) in [6, 6.07) is 12.8. The van der Waals surface area contributed by atoms with E-state index in [0.29, 0.717) is 15.8 Å². The topological polar surface area (TPSA) is 50.7 Å². The Kier molecular flexibility index (Phi) is 7.09. The van der Waals surface area contributed by atoms with Crippen molar-refractivity contribution in [3.63, 3.8) is 0 Å². The Balaban J connectivity index is 1.78. The first-order valence-corrected chi connectivity index (χ1v) is 8.32. The van der Waals surface area contributed by atoms with Crippen LogP contribution in [0.1, 0.15) is 24.5 Å². The van der Waals surface area contributed by atoms with E-state index < -0.39 is 0 Å². The average Bonchev–Trinajstić information content (AvgIpc) is 2.58. The van der Waals surface area contributed by atoms with Crippen LogP contribution in [-0.4, -0.2) is 18.7 Å². The first-order chi connectivity index (χ1) is 11.6. The quantitative estimate of drug-likeness (QED) is 0.581. The number of amides is 1. The fourth-order valence-electron chi connectivity index (χ4n) is 1.99. The number of hydrogen-bond donors (Lipinski definition) is 1. The van der Waals surface area contributed by atoms with Crippen LogP contribution in [0.15, 0.2) is 47.6 Å². The van der Waals surface area contributed by atoms with Crippen molar-refractivity contribution in [1.82, 2.24) is 5.43 Å². The lowest BCUT2D eigenvalue weighted by Crippen LogP contribution is -2.24. The van der Waals surface area contributed by atoms with E-state index in [0.717, 1.165) is 18.4 Å². The predicted octanol–water partition coefficient (Wildman–Crippen LogP) is 4.48. The van der Waals surface area contributed by atoms with Crippen LogP contribution in [0.25, 0.3) is 0 Å². The Morgan fingerprint density at radius 3 is 2.58 bits per heavy atom. The molecule has 0 radical (unpaired) electrons. The summed E-state index contributed by atoms with van der Waals surface area (Å²) in [5, 5.41) is 4.76. The van der Waals surface area contributed by atoms with E-state index in [1.807, 2.05) is 24.3 Å². The molecule has 2 rings (SSSR count). The molecule has 0 aliphatic rings. The second-order valence-electron chi connectivity index (χ2n) is 5.15. The SMILES string of the molecule is CCCc1ccc(OCC(=O)N/N=C/c2ccc(Cl)c(Cl)c2)cc1. The molecule has 0 atom stereocenters.